The third-order valence-corrected chi connectivity index (χ3v) is 7.05. The Labute approximate surface area is 279 Å². The highest BCUT2D eigenvalue weighted by molar-refractivity contribution is 5.91. The van der Waals surface area contributed by atoms with E-state index in [1.54, 1.807) is 59.8 Å². The Hall–Kier alpha value is -3.58. The summed E-state index contributed by atoms with van der Waals surface area (Å²) in [6, 6.07) is 0. The van der Waals surface area contributed by atoms with Crippen LogP contribution < -0.4 is 16.4 Å². The summed E-state index contributed by atoms with van der Waals surface area (Å²) >= 11 is 0. The first-order valence-electron chi connectivity index (χ1n) is 14.1. The van der Waals surface area contributed by atoms with E-state index in [4.69, 9.17) is 15.2 Å². The van der Waals surface area contributed by atoms with Crippen LogP contribution in [-0.2, 0) is 38.1 Å². The molecule has 4 unspecified atom stereocenters. The molecule has 3 aliphatic rings. The van der Waals surface area contributed by atoms with E-state index in [1.807, 2.05) is 0 Å². The van der Waals surface area contributed by atoms with Gasteiger partial charge in [-0.1, -0.05) is 25.7 Å². The summed E-state index contributed by atoms with van der Waals surface area (Å²) in [6.07, 6.45) is 5.40. The van der Waals surface area contributed by atoms with E-state index in [0.717, 1.165) is 0 Å². The zero-order chi connectivity index (χ0) is 34.3. The molecule has 3 aliphatic carbocycles. The average molecular weight is 676 g/mol. The van der Waals surface area contributed by atoms with Gasteiger partial charge in [0.2, 0.25) is 0 Å². The second-order valence-corrected chi connectivity index (χ2v) is 12.9. The number of rotatable bonds is 8. The molecule has 0 radical (unpaired) electrons. The van der Waals surface area contributed by atoms with Crippen LogP contribution in [0, 0.1) is 17.8 Å². The summed E-state index contributed by atoms with van der Waals surface area (Å²) in [6.45, 7) is 21.3. The summed E-state index contributed by atoms with van der Waals surface area (Å²) < 4.78 is 24.1. The van der Waals surface area contributed by atoms with Gasteiger partial charge in [-0.2, -0.15) is 0 Å². The Bertz CT molecular complexity index is 1080. The molecule has 2 amide bonds. The van der Waals surface area contributed by atoms with Crippen LogP contribution in [0.25, 0.3) is 0 Å². The molecule has 0 aromatic rings. The maximum absolute atomic E-state index is 11.6. The Morgan fingerprint density at radius 3 is 1.15 bits per heavy atom. The number of nitrogens with one attached hydrogen (secondary N) is 2. The van der Waals surface area contributed by atoms with E-state index in [9.17, 15) is 24.0 Å². The van der Waals surface area contributed by atoms with Gasteiger partial charge in [-0.05, 0) is 60.8 Å². The molecule has 46 heavy (non-hydrogen) atoms. The smallest absolute Gasteiger partial charge is 0.408 e. The molecule has 3 saturated carbocycles. The van der Waals surface area contributed by atoms with Gasteiger partial charge in [-0.15, -0.1) is 32.1 Å². The monoisotopic (exact) mass is 675 g/mol. The predicted molar refractivity (Wildman–Crippen MR) is 176 cm³/mol. The van der Waals surface area contributed by atoms with Crippen molar-refractivity contribution < 1.29 is 47.7 Å². The summed E-state index contributed by atoms with van der Waals surface area (Å²) in [5.74, 6) is -1.34. The molecular formula is C32H54ClN3O10. The minimum Gasteiger partial charge on any atom is -0.468 e. The lowest BCUT2D eigenvalue weighted by Crippen LogP contribution is -2.47. The van der Waals surface area contributed by atoms with Crippen molar-refractivity contribution in [1.82, 2.24) is 10.6 Å². The van der Waals surface area contributed by atoms with Crippen LogP contribution in [0.3, 0.4) is 0 Å². The first-order valence-corrected chi connectivity index (χ1v) is 14.1. The third-order valence-electron chi connectivity index (χ3n) is 7.05. The fourth-order valence-electron chi connectivity index (χ4n) is 4.36. The maximum Gasteiger partial charge on any atom is 0.408 e. The molecule has 0 spiro atoms. The summed E-state index contributed by atoms with van der Waals surface area (Å²) in [5, 5.41) is 5.14. The number of methoxy groups -OCH3 is 3. The van der Waals surface area contributed by atoms with Crippen molar-refractivity contribution in [3.8, 4) is 0 Å². The van der Waals surface area contributed by atoms with E-state index in [1.165, 1.54) is 21.3 Å². The first-order chi connectivity index (χ1) is 20.1. The number of alkyl carbamates (subject to hydrolysis) is 2. The predicted octanol–water partition coefficient (Wildman–Crippen LogP) is 4.38. The summed E-state index contributed by atoms with van der Waals surface area (Å²) in [7, 11) is 3.92. The van der Waals surface area contributed by atoms with Crippen molar-refractivity contribution in [3.63, 3.8) is 0 Å². The van der Waals surface area contributed by atoms with Gasteiger partial charge in [0.15, 0.2) is 0 Å². The van der Waals surface area contributed by atoms with E-state index in [-0.39, 0.29) is 43.6 Å². The van der Waals surface area contributed by atoms with Gasteiger partial charge in [0.1, 0.15) is 27.8 Å². The second-order valence-electron chi connectivity index (χ2n) is 12.9. The van der Waals surface area contributed by atoms with E-state index < -0.39 is 51.9 Å². The summed E-state index contributed by atoms with van der Waals surface area (Å²) in [4.78, 5) is 57.4. The average Bonchev–Trinajstić information content (AvgIpc) is 3.86. The number of amides is 2. The molecule has 0 aromatic heterocycles. The Morgan fingerprint density at radius 1 is 0.652 bits per heavy atom. The van der Waals surface area contributed by atoms with Crippen molar-refractivity contribution in [2.24, 2.45) is 23.5 Å². The molecule has 0 heterocycles. The highest BCUT2D eigenvalue weighted by Gasteiger charge is 2.62. The van der Waals surface area contributed by atoms with Gasteiger partial charge in [0, 0.05) is 17.8 Å². The number of esters is 3. The Morgan fingerprint density at radius 2 is 0.957 bits per heavy atom. The molecular weight excluding hydrogens is 622 g/mol. The number of carbonyl (C=O) groups excluding carboxylic acids is 5. The maximum atomic E-state index is 11.6. The molecule has 6 atom stereocenters. The normalized spacial score (nSPS) is 27.9. The van der Waals surface area contributed by atoms with Crippen LogP contribution in [0.4, 0.5) is 9.59 Å². The first kappa shape index (κ1) is 44.5. The molecule has 0 bridgehead atoms. The molecule has 0 aliphatic heterocycles. The lowest BCUT2D eigenvalue weighted by molar-refractivity contribution is -0.145. The minimum atomic E-state index is -0.987. The molecule has 0 aromatic carbocycles. The highest BCUT2D eigenvalue weighted by atomic mass is 35.5. The number of halogens is 1. The molecule has 3 fully saturated rings. The quantitative estimate of drug-likeness (QED) is 0.189. The van der Waals surface area contributed by atoms with Gasteiger partial charge in [-0.25, -0.2) is 19.2 Å². The van der Waals surface area contributed by atoms with Gasteiger partial charge < -0.3 is 40.1 Å². The van der Waals surface area contributed by atoms with Crippen molar-refractivity contribution in [1.29, 1.82) is 0 Å². The van der Waals surface area contributed by atoms with Gasteiger partial charge in [0.25, 0.3) is 0 Å². The Kier molecular flexibility index (Phi) is 16.3. The van der Waals surface area contributed by atoms with Crippen LogP contribution in [0.2, 0.25) is 0 Å². The van der Waals surface area contributed by atoms with Crippen molar-refractivity contribution in [3.05, 3.63) is 38.0 Å². The fourth-order valence-corrected chi connectivity index (χ4v) is 4.36. The zero-order valence-corrected chi connectivity index (χ0v) is 28.6. The molecule has 264 valence electrons. The van der Waals surface area contributed by atoms with E-state index in [0.29, 0.717) is 19.3 Å². The molecule has 14 heteroatoms. The summed E-state index contributed by atoms with van der Waals surface area (Å²) in [5.41, 5.74) is 1.69. The van der Waals surface area contributed by atoms with Crippen molar-refractivity contribution >= 4 is 42.5 Å². The van der Waals surface area contributed by atoms with Gasteiger partial charge in [-0.3, -0.25) is 4.79 Å². The zero-order valence-electron chi connectivity index (χ0n) is 27.8. The van der Waals surface area contributed by atoms with Gasteiger partial charge in [0.05, 0.1) is 21.3 Å². The molecule has 0 saturated heterocycles. The molecule has 3 rings (SSSR count). The SMILES string of the molecule is C.C=CC1CC1(NC(=O)OC(C)(C)C)C(=O)OC.C=CC1C[C@]1(N)C(=O)OC.C=CC1C[C@]1(NC(=O)OC(C)(C)C)C(=O)OC.Cl. The van der Waals surface area contributed by atoms with E-state index >= 15 is 0 Å². The number of nitrogens with two attached hydrogens (primary N) is 1. The van der Waals surface area contributed by atoms with Crippen molar-refractivity contribution in [2.75, 3.05) is 21.3 Å². The van der Waals surface area contributed by atoms with Gasteiger partial charge >= 0.3 is 30.1 Å². The molecule has 13 nitrogen and oxygen atoms in total. The second kappa shape index (κ2) is 16.8. The number of hydrogen-bond donors (Lipinski definition) is 3. The standard InChI is InChI=1S/2C12H19NO4.C7H11NO2.CH4.ClH/c2*1-6-8-7-12(8,9(14)16-5)13-10(15)17-11(2,3)4;1-3-5-4-7(5,8)6(9)10-2;;/h2*6,8H,1,7H2,2-5H3,(H,13,15);3,5H,1,4,8H2,2H3;1H4;1H/t8?,12-;;5?,7-;;/m1.1../s1. The molecule has 4 N–H and O–H groups in total. The Balaban J connectivity index is 0. The number of hydrogen-bond acceptors (Lipinski definition) is 11. The van der Waals surface area contributed by atoms with Crippen LogP contribution in [0.1, 0.15) is 68.2 Å². The topological polar surface area (TPSA) is 182 Å². The van der Waals surface area contributed by atoms with Crippen LogP contribution in [0.5, 0.6) is 0 Å². The lowest BCUT2D eigenvalue weighted by Gasteiger charge is -2.22. The van der Waals surface area contributed by atoms with Crippen LogP contribution >= 0.6 is 12.4 Å². The van der Waals surface area contributed by atoms with Crippen LogP contribution in [-0.4, -0.2) is 79.2 Å². The number of ether oxygens (including phenoxy) is 5. The largest absolute Gasteiger partial charge is 0.468 e. The van der Waals surface area contributed by atoms with Crippen LogP contribution in [0.15, 0.2) is 38.0 Å². The number of carbonyl (C=O) groups is 5. The fraction of sp³-hybridized carbons (Fsp3) is 0.656. The minimum absolute atomic E-state index is 0. The highest BCUT2D eigenvalue weighted by Crippen LogP contribution is 2.46. The lowest BCUT2D eigenvalue weighted by atomic mass is 10.2. The van der Waals surface area contributed by atoms with Crippen molar-refractivity contribution in [2.45, 2.75) is 96.1 Å². The van der Waals surface area contributed by atoms with E-state index in [2.05, 4.69) is 44.6 Å². The third kappa shape index (κ3) is 11.7.